The van der Waals surface area contributed by atoms with E-state index in [1.54, 1.807) is 6.20 Å². The van der Waals surface area contributed by atoms with Crippen molar-refractivity contribution in [1.29, 1.82) is 0 Å². The van der Waals surface area contributed by atoms with E-state index in [9.17, 15) is 4.79 Å². The van der Waals surface area contributed by atoms with Crippen LogP contribution in [0.25, 0.3) is 21.9 Å². The van der Waals surface area contributed by atoms with Crippen LogP contribution in [-0.4, -0.2) is 25.9 Å². The maximum absolute atomic E-state index is 12.1. The van der Waals surface area contributed by atoms with Gasteiger partial charge in [0.2, 0.25) is 0 Å². The highest BCUT2D eigenvalue weighted by Gasteiger charge is 2.20. The van der Waals surface area contributed by atoms with Gasteiger partial charge >= 0.3 is 5.97 Å². The van der Waals surface area contributed by atoms with Crippen LogP contribution < -0.4 is 0 Å². The Balaban J connectivity index is 2.10. The van der Waals surface area contributed by atoms with Crippen LogP contribution in [0.2, 0.25) is 0 Å². The Kier molecular flexibility index (Phi) is 3.01. The van der Waals surface area contributed by atoms with E-state index in [1.165, 1.54) is 0 Å². The first-order valence-corrected chi connectivity index (χ1v) is 6.97. The van der Waals surface area contributed by atoms with Gasteiger partial charge in [-0.05, 0) is 26.8 Å². The van der Waals surface area contributed by atoms with Gasteiger partial charge < -0.3 is 9.30 Å². The fraction of sp³-hybridized carbons (Fsp3) is 0.375. The summed E-state index contributed by atoms with van der Waals surface area (Å²) < 4.78 is 9.23. The lowest BCUT2D eigenvalue weighted by Crippen LogP contribution is -2.26. The van der Waals surface area contributed by atoms with E-state index >= 15 is 0 Å². The van der Waals surface area contributed by atoms with Gasteiger partial charge in [0.05, 0.1) is 22.7 Å². The minimum atomic E-state index is -0.478. The quantitative estimate of drug-likeness (QED) is 0.680. The topological polar surface area (TPSA) is 49.0 Å². The first kappa shape index (κ1) is 13.7. The van der Waals surface area contributed by atoms with Gasteiger partial charge in [0.25, 0.3) is 0 Å². The lowest BCUT2D eigenvalue weighted by Gasteiger charge is -2.19. The molecule has 0 saturated heterocycles. The molecule has 3 rings (SSSR count). The number of aryl methyl sites for hydroxylation is 1. The molecule has 5 heteroatoms. The van der Waals surface area contributed by atoms with Gasteiger partial charge in [-0.25, -0.2) is 0 Å². The van der Waals surface area contributed by atoms with Gasteiger partial charge in [0.15, 0.2) is 0 Å². The molecule has 0 amide bonds. The third-order valence-electron chi connectivity index (χ3n) is 3.37. The normalized spacial score (nSPS) is 12.2. The van der Waals surface area contributed by atoms with E-state index in [2.05, 4.69) is 5.10 Å². The third-order valence-corrected chi connectivity index (χ3v) is 3.37. The number of carbonyl (C=O) groups excluding carboxylic acids is 1. The second-order valence-corrected chi connectivity index (χ2v) is 6.19. The molecule has 0 atom stereocenters. The fourth-order valence-corrected chi connectivity index (χ4v) is 2.65. The molecule has 0 fully saturated rings. The van der Waals surface area contributed by atoms with Crippen molar-refractivity contribution in [1.82, 2.24) is 14.3 Å². The van der Waals surface area contributed by atoms with Gasteiger partial charge in [-0.2, -0.15) is 5.10 Å². The Morgan fingerprint density at radius 3 is 2.67 bits per heavy atom. The Hall–Kier alpha value is -2.30. The molecule has 110 valence electrons. The number of carbonyl (C=O) groups is 1. The molecule has 0 N–H and O–H groups in total. The van der Waals surface area contributed by atoms with E-state index in [0.29, 0.717) is 0 Å². The summed E-state index contributed by atoms with van der Waals surface area (Å²) in [5, 5.41) is 5.39. The summed E-state index contributed by atoms with van der Waals surface area (Å²) in [6.45, 7) is 5.81. The zero-order valence-corrected chi connectivity index (χ0v) is 12.8. The Morgan fingerprint density at radius 2 is 1.95 bits per heavy atom. The Labute approximate surface area is 123 Å². The molecule has 2 heterocycles. The largest absolute Gasteiger partial charge is 0.459 e. The zero-order valence-electron chi connectivity index (χ0n) is 12.8. The molecule has 0 aliphatic heterocycles. The molecule has 2 aromatic heterocycles. The van der Waals surface area contributed by atoms with Gasteiger partial charge in [-0.3, -0.25) is 9.48 Å². The number of ether oxygens (including phenoxy) is 1. The van der Waals surface area contributed by atoms with E-state index in [4.69, 9.17) is 4.74 Å². The maximum atomic E-state index is 12.1. The Morgan fingerprint density at radius 1 is 1.24 bits per heavy atom. The summed E-state index contributed by atoms with van der Waals surface area (Å²) in [5.41, 5.74) is 2.53. The van der Waals surface area contributed by atoms with Crippen molar-refractivity contribution >= 4 is 27.9 Å². The monoisotopic (exact) mass is 285 g/mol. The molecule has 0 spiro atoms. The van der Waals surface area contributed by atoms with Crippen LogP contribution in [-0.2, 0) is 23.1 Å². The van der Waals surface area contributed by atoms with Crippen LogP contribution >= 0.6 is 0 Å². The van der Waals surface area contributed by atoms with Crippen molar-refractivity contribution in [3.05, 3.63) is 30.5 Å². The fourth-order valence-electron chi connectivity index (χ4n) is 2.65. The Bertz CT molecular complexity index is 821. The van der Waals surface area contributed by atoms with Crippen molar-refractivity contribution in [3.63, 3.8) is 0 Å². The van der Waals surface area contributed by atoms with Crippen LogP contribution in [0.15, 0.2) is 30.5 Å². The molecular formula is C16H19N3O2. The van der Waals surface area contributed by atoms with Crippen LogP contribution in [0.3, 0.4) is 0 Å². The maximum Gasteiger partial charge on any atom is 0.326 e. The highest BCUT2D eigenvalue weighted by molar-refractivity contribution is 6.06. The molecule has 0 saturated carbocycles. The van der Waals surface area contributed by atoms with E-state index in [-0.39, 0.29) is 12.5 Å². The number of para-hydroxylation sites is 1. The SMILES string of the molecule is Cn1ncc2c1c1ccccc1n2CC(=O)OC(C)(C)C. The number of hydrogen-bond acceptors (Lipinski definition) is 3. The summed E-state index contributed by atoms with van der Waals surface area (Å²) in [5.74, 6) is -0.242. The molecule has 0 aliphatic carbocycles. The van der Waals surface area contributed by atoms with Crippen molar-refractivity contribution in [3.8, 4) is 0 Å². The number of hydrogen-bond donors (Lipinski definition) is 0. The lowest BCUT2D eigenvalue weighted by atomic mass is 10.2. The molecular weight excluding hydrogens is 266 g/mol. The molecule has 0 aliphatic rings. The first-order chi connectivity index (χ1) is 9.87. The van der Waals surface area contributed by atoms with Gasteiger partial charge in [-0.1, -0.05) is 18.2 Å². The standard InChI is InChI=1S/C16H19N3O2/c1-16(2,3)21-14(20)10-19-12-8-6-5-7-11(12)15-13(19)9-17-18(15)4/h5-9H,10H2,1-4H3. The highest BCUT2D eigenvalue weighted by atomic mass is 16.6. The van der Waals surface area contributed by atoms with Crippen LogP contribution in [0.1, 0.15) is 20.8 Å². The van der Waals surface area contributed by atoms with Crippen LogP contribution in [0, 0.1) is 0 Å². The summed E-state index contributed by atoms with van der Waals surface area (Å²) in [7, 11) is 1.91. The molecule has 21 heavy (non-hydrogen) atoms. The highest BCUT2D eigenvalue weighted by Crippen LogP contribution is 2.28. The number of aromatic nitrogens is 3. The second kappa shape index (κ2) is 4.62. The number of benzene rings is 1. The molecule has 0 unspecified atom stereocenters. The number of rotatable bonds is 2. The number of esters is 1. The molecule has 0 radical (unpaired) electrons. The predicted octanol–water partition coefficient (Wildman–Crippen LogP) is 2.87. The molecule has 3 aromatic rings. The van der Waals surface area contributed by atoms with Gasteiger partial charge in [0.1, 0.15) is 12.1 Å². The summed E-state index contributed by atoms with van der Waals surface area (Å²) in [6.07, 6.45) is 1.79. The van der Waals surface area contributed by atoms with E-state index in [1.807, 2.05) is 61.3 Å². The number of nitrogens with zero attached hydrogens (tertiary/aromatic N) is 3. The van der Waals surface area contributed by atoms with Gasteiger partial charge in [-0.15, -0.1) is 0 Å². The van der Waals surface area contributed by atoms with E-state index < -0.39 is 5.60 Å². The number of fused-ring (bicyclic) bond motifs is 3. The van der Waals surface area contributed by atoms with Crippen molar-refractivity contribution in [2.45, 2.75) is 32.9 Å². The summed E-state index contributed by atoms with van der Waals surface area (Å²) in [6, 6.07) is 8.03. The minimum absolute atomic E-state index is 0.187. The average Bonchev–Trinajstić information content (AvgIpc) is 2.89. The van der Waals surface area contributed by atoms with Gasteiger partial charge in [0, 0.05) is 12.4 Å². The average molecular weight is 285 g/mol. The lowest BCUT2D eigenvalue weighted by molar-refractivity contribution is -0.155. The molecule has 0 bridgehead atoms. The third kappa shape index (κ3) is 2.39. The summed E-state index contributed by atoms with van der Waals surface area (Å²) in [4.78, 5) is 12.1. The smallest absolute Gasteiger partial charge is 0.326 e. The minimum Gasteiger partial charge on any atom is -0.459 e. The summed E-state index contributed by atoms with van der Waals surface area (Å²) >= 11 is 0. The van der Waals surface area contributed by atoms with Crippen molar-refractivity contribution in [2.75, 3.05) is 0 Å². The zero-order chi connectivity index (χ0) is 15.2. The van der Waals surface area contributed by atoms with Crippen molar-refractivity contribution < 1.29 is 9.53 Å². The van der Waals surface area contributed by atoms with Crippen molar-refractivity contribution in [2.24, 2.45) is 7.05 Å². The first-order valence-electron chi connectivity index (χ1n) is 6.97. The van der Waals surface area contributed by atoms with E-state index in [0.717, 1.165) is 21.9 Å². The second-order valence-electron chi connectivity index (χ2n) is 6.19. The predicted molar refractivity (Wildman–Crippen MR) is 82.1 cm³/mol. The molecule has 1 aromatic carbocycles. The molecule has 5 nitrogen and oxygen atoms in total. The van der Waals surface area contributed by atoms with Crippen LogP contribution in [0.5, 0.6) is 0 Å². The van der Waals surface area contributed by atoms with Crippen LogP contribution in [0.4, 0.5) is 0 Å².